The van der Waals surface area contributed by atoms with Gasteiger partial charge in [-0.3, -0.25) is 0 Å². The molecule has 0 aromatic rings. The molecule has 0 spiro atoms. The van der Waals surface area contributed by atoms with Crippen molar-refractivity contribution in [2.24, 2.45) is 0 Å². The van der Waals surface area contributed by atoms with E-state index < -0.39 is 13.6 Å². The predicted molar refractivity (Wildman–Crippen MR) is 21.1 cm³/mol. The summed E-state index contributed by atoms with van der Waals surface area (Å²) in [5.41, 5.74) is 0. The van der Waals surface area contributed by atoms with Crippen molar-refractivity contribution in [3.8, 4) is 0 Å². The zero-order valence-electron chi connectivity index (χ0n) is 1.76. The van der Waals surface area contributed by atoms with E-state index in [0.717, 1.165) is 0 Å². The van der Waals surface area contributed by atoms with Crippen molar-refractivity contribution in [2.75, 3.05) is 0 Å². The van der Waals surface area contributed by atoms with Crippen LogP contribution in [0, 0.1) is 0 Å². The van der Waals surface area contributed by atoms with E-state index in [9.17, 15) is 0 Å². The van der Waals surface area contributed by atoms with Crippen LogP contribution in [0.2, 0.25) is 0 Å². The Labute approximate surface area is 39.4 Å². The summed E-state index contributed by atoms with van der Waals surface area (Å²) in [6, 6.07) is 0. The first-order valence-electron chi connectivity index (χ1n) is 0.378. The maximum absolute atomic E-state index is 4.89. The summed E-state index contributed by atoms with van der Waals surface area (Å²) in [6.07, 6.45) is 0. The first-order chi connectivity index (χ1) is 1.41. The number of rotatable bonds is 0. The van der Waals surface area contributed by atoms with Gasteiger partial charge in [-0.25, -0.2) is 0 Å². The molecule has 26 valence electrons. The molecule has 0 atom stereocenters. The standard InChI is InChI=1S/Cl2Ge.H2O/c1-3-2;/h;1H2. The SMILES string of the molecule is O.[Cl][Ge][Cl]. The van der Waals surface area contributed by atoms with Gasteiger partial charge in [0.05, 0.1) is 0 Å². The van der Waals surface area contributed by atoms with Crippen LogP contribution in [0.1, 0.15) is 0 Å². The van der Waals surface area contributed by atoms with Crippen LogP contribution in [0.5, 0.6) is 0 Å². The zero-order valence-corrected chi connectivity index (χ0v) is 5.37. The second kappa shape index (κ2) is 8.94. The summed E-state index contributed by atoms with van der Waals surface area (Å²) in [4.78, 5) is 0. The van der Waals surface area contributed by atoms with Gasteiger partial charge in [-0.1, -0.05) is 0 Å². The van der Waals surface area contributed by atoms with E-state index in [2.05, 4.69) is 0 Å². The van der Waals surface area contributed by atoms with Gasteiger partial charge in [0.25, 0.3) is 0 Å². The Morgan fingerprint density at radius 1 is 1.25 bits per heavy atom. The van der Waals surface area contributed by atoms with Crippen molar-refractivity contribution < 1.29 is 5.48 Å². The summed E-state index contributed by atoms with van der Waals surface area (Å²) in [7, 11) is 9.78. The fourth-order valence-corrected chi connectivity index (χ4v) is 0. The molecule has 0 heterocycles. The van der Waals surface area contributed by atoms with Gasteiger partial charge in [-0.2, -0.15) is 0 Å². The average molecular weight is 162 g/mol. The Bertz CT molecular complexity index is 6.00. The van der Waals surface area contributed by atoms with Crippen molar-refractivity contribution in [1.82, 2.24) is 0 Å². The van der Waals surface area contributed by atoms with E-state index in [0.29, 0.717) is 0 Å². The van der Waals surface area contributed by atoms with Crippen LogP contribution in [-0.2, 0) is 0 Å². The van der Waals surface area contributed by atoms with Gasteiger partial charge < -0.3 is 5.48 Å². The summed E-state index contributed by atoms with van der Waals surface area (Å²) in [6.45, 7) is 0. The molecule has 0 saturated carbocycles. The Hall–Kier alpha value is 1.08. The molecule has 0 unspecified atom stereocenters. The van der Waals surface area contributed by atoms with Gasteiger partial charge in [0.2, 0.25) is 0 Å². The van der Waals surface area contributed by atoms with Crippen LogP contribution in [0.25, 0.3) is 0 Å². The number of hydrogen-bond acceptors (Lipinski definition) is 0. The van der Waals surface area contributed by atoms with Crippen LogP contribution in [0.3, 0.4) is 0 Å². The van der Waals surface area contributed by atoms with Crippen LogP contribution in [0.4, 0.5) is 0 Å². The Balaban J connectivity index is 0. The molecule has 0 amide bonds. The molecule has 4 heteroatoms. The molecular weight excluding hydrogens is 160 g/mol. The zero-order chi connectivity index (χ0) is 2.71. The molecule has 0 aliphatic rings. The average Bonchev–Trinajstić information content (AvgIpc) is 0.918. The quantitative estimate of drug-likeness (QED) is 0.454. The first-order valence-corrected chi connectivity index (χ1v) is 5.89. The molecule has 0 saturated heterocycles. The molecule has 4 heavy (non-hydrogen) atoms. The van der Waals surface area contributed by atoms with Crippen molar-refractivity contribution in [1.29, 1.82) is 0 Å². The molecular formula is H2Cl2GeO. The molecule has 0 bridgehead atoms. The molecule has 1 nitrogen and oxygen atoms in total. The van der Waals surface area contributed by atoms with Gasteiger partial charge in [0.15, 0.2) is 0 Å². The van der Waals surface area contributed by atoms with Crippen LogP contribution in [0.15, 0.2) is 0 Å². The Morgan fingerprint density at radius 3 is 1.25 bits per heavy atom. The van der Waals surface area contributed by atoms with Gasteiger partial charge >= 0.3 is 33.6 Å². The molecule has 0 rings (SSSR count). The topological polar surface area (TPSA) is 31.5 Å². The number of hydrogen-bond donors (Lipinski definition) is 0. The van der Waals surface area contributed by atoms with E-state index in [1.807, 2.05) is 0 Å². The van der Waals surface area contributed by atoms with Crippen molar-refractivity contribution >= 4 is 33.6 Å². The third-order valence-corrected chi connectivity index (χ3v) is 0. The summed E-state index contributed by atoms with van der Waals surface area (Å²) in [5.74, 6) is 0. The van der Waals surface area contributed by atoms with Crippen molar-refractivity contribution in [3.63, 3.8) is 0 Å². The van der Waals surface area contributed by atoms with Crippen LogP contribution < -0.4 is 0 Å². The summed E-state index contributed by atoms with van der Waals surface area (Å²) in [5, 5.41) is 0. The van der Waals surface area contributed by atoms with E-state index >= 15 is 0 Å². The molecule has 2 N–H and O–H groups in total. The molecule has 0 aliphatic carbocycles. The third kappa shape index (κ3) is 11.4. The van der Waals surface area contributed by atoms with Crippen molar-refractivity contribution in [2.45, 2.75) is 0 Å². The van der Waals surface area contributed by atoms with Crippen molar-refractivity contribution in [3.05, 3.63) is 0 Å². The van der Waals surface area contributed by atoms with Gasteiger partial charge in [0.1, 0.15) is 0 Å². The third-order valence-electron chi connectivity index (χ3n) is 0. The Kier molecular flexibility index (Phi) is 19.9. The second-order valence-corrected chi connectivity index (χ2v) is 3.34. The first kappa shape index (κ1) is 8.92. The van der Waals surface area contributed by atoms with E-state index in [4.69, 9.17) is 20.0 Å². The van der Waals surface area contributed by atoms with E-state index in [-0.39, 0.29) is 5.48 Å². The monoisotopic (exact) mass is 162 g/mol. The Morgan fingerprint density at radius 2 is 1.25 bits per heavy atom. The van der Waals surface area contributed by atoms with Gasteiger partial charge in [-0.15, -0.1) is 0 Å². The maximum atomic E-state index is 4.89. The van der Waals surface area contributed by atoms with E-state index in [1.165, 1.54) is 0 Å². The number of halogens is 2. The normalized spacial score (nSPS) is 4.50. The van der Waals surface area contributed by atoms with Gasteiger partial charge in [-0.05, 0) is 0 Å². The fraction of sp³-hybridized carbons (Fsp3) is 0. The summed E-state index contributed by atoms with van der Waals surface area (Å²) < 4.78 is 0. The molecule has 0 aromatic heterocycles. The molecule has 0 aromatic carbocycles. The second-order valence-electron chi connectivity index (χ2n) is 0.0714. The minimum atomic E-state index is -0.556. The summed E-state index contributed by atoms with van der Waals surface area (Å²) >= 11 is -0.556. The van der Waals surface area contributed by atoms with Crippen LogP contribution in [-0.4, -0.2) is 19.0 Å². The fourth-order valence-electron chi connectivity index (χ4n) is 0. The van der Waals surface area contributed by atoms with E-state index in [1.54, 1.807) is 0 Å². The predicted octanol–water partition coefficient (Wildman–Crippen LogP) is 0.173. The minimum absolute atomic E-state index is 0. The molecule has 2 radical (unpaired) electrons. The molecule has 0 aliphatic heterocycles. The van der Waals surface area contributed by atoms with Gasteiger partial charge in [0, 0.05) is 0 Å². The molecule has 0 fully saturated rings. The van der Waals surface area contributed by atoms with Crippen LogP contribution >= 0.6 is 20.0 Å².